The van der Waals surface area contributed by atoms with E-state index in [-0.39, 0.29) is 5.63 Å². The van der Waals surface area contributed by atoms with Gasteiger partial charge in [0.2, 0.25) is 0 Å². The lowest BCUT2D eigenvalue weighted by molar-refractivity contribution is 0.363. The summed E-state index contributed by atoms with van der Waals surface area (Å²) in [7, 11) is 0. The Balaban J connectivity index is 1.53. The van der Waals surface area contributed by atoms with Gasteiger partial charge in [-0.25, -0.2) is 4.79 Å². The van der Waals surface area contributed by atoms with Gasteiger partial charge >= 0.3 is 5.63 Å². The largest absolute Gasteiger partial charge is 0.489 e. The lowest BCUT2D eigenvalue weighted by Crippen LogP contribution is -2.15. The third-order valence-corrected chi connectivity index (χ3v) is 4.65. The van der Waals surface area contributed by atoms with Crippen molar-refractivity contribution in [2.75, 3.05) is 6.61 Å². The Morgan fingerprint density at radius 2 is 1.80 bits per heavy atom. The van der Waals surface area contributed by atoms with Crippen LogP contribution in [0.4, 0.5) is 0 Å². The van der Waals surface area contributed by atoms with Gasteiger partial charge in [-0.1, -0.05) is 36.4 Å². The Bertz CT molecular complexity index is 968. The van der Waals surface area contributed by atoms with Gasteiger partial charge in [-0.15, -0.1) is 0 Å². The molecule has 0 amide bonds. The van der Waals surface area contributed by atoms with E-state index in [2.05, 4.69) is 0 Å². The molecule has 1 aromatic heterocycles. The predicted molar refractivity (Wildman–Crippen MR) is 100 cm³/mol. The summed E-state index contributed by atoms with van der Waals surface area (Å²) in [4.78, 5) is 12.2. The zero-order valence-electron chi connectivity index (χ0n) is 14.0. The maximum atomic E-state index is 12.2. The average molecular weight is 332 g/mol. The summed E-state index contributed by atoms with van der Waals surface area (Å²) >= 11 is 0. The summed E-state index contributed by atoms with van der Waals surface area (Å²) in [5, 5.41) is 1.04. The van der Waals surface area contributed by atoms with E-state index in [1.165, 1.54) is 0 Å². The van der Waals surface area contributed by atoms with Crippen molar-refractivity contribution in [2.45, 2.75) is 25.7 Å². The summed E-state index contributed by atoms with van der Waals surface area (Å²) in [6, 6.07) is 15.9. The molecule has 0 radical (unpaired) electrons. The van der Waals surface area contributed by atoms with Crippen molar-refractivity contribution in [3.63, 3.8) is 0 Å². The fourth-order valence-electron chi connectivity index (χ4n) is 3.41. The Hall–Kier alpha value is -2.81. The van der Waals surface area contributed by atoms with Crippen LogP contribution in [-0.4, -0.2) is 6.61 Å². The molecule has 1 heterocycles. The lowest BCUT2D eigenvalue weighted by atomic mass is 9.91. The molecule has 0 aliphatic heterocycles. The molecule has 25 heavy (non-hydrogen) atoms. The molecule has 0 atom stereocenters. The lowest BCUT2D eigenvalue weighted by Gasteiger charge is -2.16. The monoisotopic (exact) mass is 332 g/mol. The highest BCUT2D eigenvalue weighted by Crippen LogP contribution is 2.29. The van der Waals surface area contributed by atoms with Crippen LogP contribution in [0.25, 0.3) is 17.0 Å². The highest BCUT2D eigenvalue weighted by Gasteiger charge is 2.18. The number of fused-ring (bicyclic) bond motifs is 3. The molecule has 3 aromatic rings. The minimum atomic E-state index is -0.191. The number of ether oxygens (including phenoxy) is 1. The molecule has 0 N–H and O–H groups in total. The molecule has 0 unspecified atom stereocenters. The van der Waals surface area contributed by atoms with E-state index in [1.807, 2.05) is 60.7 Å². The molecule has 4 rings (SSSR count). The first-order chi connectivity index (χ1) is 12.3. The van der Waals surface area contributed by atoms with Crippen molar-refractivity contribution in [1.82, 2.24) is 0 Å². The van der Waals surface area contributed by atoms with E-state index in [9.17, 15) is 4.79 Å². The van der Waals surface area contributed by atoms with Crippen LogP contribution in [0.3, 0.4) is 0 Å². The van der Waals surface area contributed by atoms with Crippen LogP contribution in [-0.2, 0) is 12.8 Å². The Labute approximate surface area is 146 Å². The standard InChI is InChI=1S/C22H20O3/c23-22-20-11-5-4-10-18(20)19-13-12-17(15-21(19)25-22)24-14-6-9-16-7-2-1-3-8-16/h1-3,6-9,12-13,15H,4-5,10-11,14H2/b9-6+. The van der Waals surface area contributed by atoms with E-state index in [0.29, 0.717) is 17.9 Å². The molecule has 1 aliphatic carbocycles. The van der Waals surface area contributed by atoms with E-state index >= 15 is 0 Å². The third kappa shape index (κ3) is 3.36. The minimum absolute atomic E-state index is 0.191. The van der Waals surface area contributed by atoms with Gasteiger partial charge in [0.25, 0.3) is 0 Å². The van der Waals surface area contributed by atoms with Gasteiger partial charge < -0.3 is 9.15 Å². The van der Waals surface area contributed by atoms with Gasteiger partial charge in [-0.3, -0.25) is 0 Å². The van der Waals surface area contributed by atoms with Crippen LogP contribution in [0.1, 0.15) is 29.5 Å². The fourth-order valence-corrected chi connectivity index (χ4v) is 3.41. The molecule has 126 valence electrons. The van der Waals surface area contributed by atoms with Crippen LogP contribution < -0.4 is 10.4 Å². The number of aryl methyl sites for hydroxylation is 1. The van der Waals surface area contributed by atoms with Crippen molar-refractivity contribution in [2.24, 2.45) is 0 Å². The van der Waals surface area contributed by atoms with Crippen molar-refractivity contribution in [1.29, 1.82) is 0 Å². The second-order valence-corrected chi connectivity index (χ2v) is 6.34. The summed E-state index contributed by atoms with van der Waals surface area (Å²) in [6.45, 7) is 0.468. The van der Waals surface area contributed by atoms with E-state index in [1.54, 1.807) is 0 Å². The molecule has 0 saturated carbocycles. The van der Waals surface area contributed by atoms with Gasteiger partial charge in [-0.05, 0) is 55.0 Å². The smallest absolute Gasteiger partial charge is 0.339 e. The van der Waals surface area contributed by atoms with Gasteiger partial charge in [0.15, 0.2) is 0 Å². The quantitative estimate of drug-likeness (QED) is 0.646. The van der Waals surface area contributed by atoms with Crippen molar-refractivity contribution in [3.05, 3.63) is 81.7 Å². The molecule has 3 nitrogen and oxygen atoms in total. The molecule has 1 aliphatic rings. The van der Waals surface area contributed by atoms with Gasteiger partial charge in [0, 0.05) is 17.0 Å². The summed E-state index contributed by atoms with van der Waals surface area (Å²) in [5.41, 5.74) is 3.59. The Morgan fingerprint density at radius 1 is 1.00 bits per heavy atom. The zero-order valence-corrected chi connectivity index (χ0v) is 14.0. The SMILES string of the molecule is O=c1oc2cc(OC/C=C/c3ccccc3)ccc2c2c1CCCC2. The normalized spacial score (nSPS) is 13.9. The first-order valence-electron chi connectivity index (χ1n) is 8.74. The number of rotatable bonds is 4. The summed E-state index contributed by atoms with van der Waals surface area (Å²) in [6.07, 6.45) is 7.99. The molecule has 0 fully saturated rings. The molecule has 2 aromatic carbocycles. The van der Waals surface area contributed by atoms with Crippen LogP contribution in [0, 0.1) is 0 Å². The second-order valence-electron chi connectivity index (χ2n) is 6.34. The molecule has 3 heteroatoms. The van der Waals surface area contributed by atoms with Crippen LogP contribution in [0.15, 0.2) is 63.8 Å². The molecular weight excluding hydrogens is 312 g/mol. The predicted octanol–water partition coefficient (Wildman–Crippen LogP) is 4.76. The molecule has 0 saturated heterocycles. The van der Waals surface area contributed by atoms with Crippen molar-refractivity contribution >= 4 is 17.0 Å². The first kappa shape index (κ1) is 15.7. The van der Waals surface area contributed by atoms with Gasteiger partial charge in [-0.2, -0.15) is 0 Å². The van der Waals surface area contributed by atoms with E-state index < -0.39 is 0 Å². The van der Waals surface area contributed by atoms with Crippen LogP contribution in [0.5, 0.6) is 5.75 Å². The van der Waals surface area contributed by atoms with Crippen molar-refractivity contribution in [3.8, 4) is 5.75 Å². The molecule has 0 spiro atoms. The zero-order chi connectivity index (χ0) is 17.1. The second kappa shape index (κ2) is 6.98. The van der Waals surface area contributed by atoms with Crippen molar-refractivity contribution < 1.29 is 9.15 Å². The number of hydrogen-bond donors (Lipinski definition) is 0. The molecular formula is C22H20O3. The van der Waals surface area contributed by atoms with Crippen LogP contribution in [0.2, 0.25) is 0 Å². The Morgan fingerprint density at radius 3 is 2.64 bits per heavy atom. The highest BCUT2D eigenvalue weighted by molar-refractivity contribution is 5.82. The Kier molecular flexibility index (Phi) is 4.38. The number of hydrogen-bond acceptors (Lipinski definition) is 3. The maximum Gasteiger partial charge on any atom is 0.339 e. The van der Waals surface area contributed by atoms with Gasteiger partial charge in [0.1, 0.15) is 17.9 Å². The maximum absolute atomic E-state index is 12.2. The molecule has 0 bridgehead atoms. The van der Waals surface area contributed by atoms with E-state index in [4.69, 9.17) is 9.15 Å². The summed E-state index contributed by atoms with van der Waals surface area (Å²) < 4.78 is 11.3. The minimum Gasteiger partial charge on any atom is -0.489 e. The third-order valence-electron chi connectivity index (χ3n) is 4.65. The first-order valence-corrected chi connectivity index (χ1v) is 8.74. The van der Waals surface area contributed by atoms with Gasteiger partial charge in [0.05, 0.1) is 0 Å². The highest BCUT2D eigenvalue weighted by atomic mass is 16.5. The summed E-state index contributed by atoms with van der Waals surface area (Å²) in [5.74, 6) is 0.712. The van der Waals surface area contributed by atoms with E-state index in [0.717, 1.165) is 47.8 Å². The van der Waals surface area contributed by atoms with Crippen LogP contribution >= 0.6 is 0 Å². The number of benzene rings is 2. The topological polar surface area (TPSA) is 39.4 Å². The fraction of sp³-hybridized carbons (Fsp3) is 0.227. The average Bonchev–Trinajstić information content (AvgIpc) is 2.66.